The molecule has 24 heavy (non-hydrogen) atoms. The fraction of sp³-hybridized carbons (Fsp3) is 0.176. The van der Waals surface area contributed by atoms with Gasteiger partial charge in [0.2, 0.25) is 0 Å². The van der Waals surface area contributed by atoms with E-state index in [0.717, 1.165) is 0 Å². The lowest BCUT2D eigenvalue weighted by molar-refractivity contribution is -0.114. The van der Waals surface area contributed by atoms with Crippen LogP contribution in [0.3, 0.4) is 0 Å². The molecule has 1 aromatic heterocycles. The van der Waals surface area contributed by atoms with Crippen molar-refractivity contribution in [2.45, 2.75) is 20.0 Å². The van der Waals surface area contributed by atoms with Crippen LogP contribution in [-0.4, -0.2) is 17.9 Å². The third kappa shape index (κ3) is 4.99. The summed E-state index contributed by atoms with van der Waals surface area (Å²) in [6.45, 7) is 3.86. The second kappa shape index (κ2) is 7.83. The lowest BCUT2D eigenvalue weighted by atomic mass is 10.1. The minimum Gasteiger partial charge on any atom is -0.491 e. The van der Waals surface area contributed by atoms with Crippen molar-refractivity contribution in [3.8, 4) is 5.75 Å². The Labute approximate surface area is 147 Å². The number of amides is 2. The number of furan rings is 1. The summed E-state index contributed by atoms with van der Waals surface area (Å²) >= 11 is 3.11. The fourth-order valence-corrected chi connectivity index (χ4v) is 2.18. The van der Waals surface area contributed by atoms with Gasteiger partial charge in [-0.1, -0.05) is 12.1 Å². The van der Waals surface area contributed by atoms with Crippen molar-refractivity contribution in [2.24, 2.45) is 5.73 Å². The Bertz CT molecular complexity index is 763. The van der Waals surface area contributed by atoms with E-state index in [2.05, 4.69) is 21.2 Å². The highest BCUT2D eigenvalue weighted by molar-refractivity contribution is 9.10. The van der Waals surface area contributed by atoms with E-state index in [4.69, 9.17) is 14.9 Å². The van der Waals surface area contributed by atoms with E-state index in [0.29, 0.717) is 16.0 Å². The van der Waals surface area contributed by atoms with Crippen LogP contribution in [0.1, 0.15) is 30.0 Å². The molecule has 2 aromatic rings. The van der Waals surface area contributed by atoms with Crippen LogP contribution >= 0.6 is 15.9 Å². The zero-order valence-corrected chi connectivity index (χ0v) is 14.8. The van der Waals surface area contributed by atoms with E-state index in [1.54, 1.807) is 30.3 Å². The highest BCUT2D eigenvalue weighted by atomic mass is 79.9. The van der Waals surface area contributed by atoms with Crippen molar-refractivity contribution in [1.82, 2.24) is 5.32 Å². The van der Waals surface area contributed by atoms with Crippen LogP contribution < -0.4 is 15.8 Å². The molecule has 6 nitrogen and oxygen atoms in total. The van der Waals surface area contributed by atoms with E-state index in [9.17, 15) is 9.59 Å². The Morgan fingerprint density at radius 3 is 2.38 bits per heavy atom. The number of hydrogen-bond donors (Lipinski definition) is 2. The molecule has 0 atom stereocenters. The highest BCUT2D eigenvalue weighted by Crippen LogP contribution is 2.17. The molecule has 0 unspecified atom stereocenters. The minimum atomic E-state index is -0.753. The first-order chi connectivity index (χ1) is 11.3. The second-order valence-electron chi connectivity index (χ2n) is 5.22. The van der Waals surface area contributed by atoms with Gasteiger partial charge in [-0.3, -0.25) is 9.59 Å². The fourth-order valence-electron chi connectivity index (χ4n) is 1.87. The molecule has 0 bridgehead atoms. The molecule has 0 saturated heterocycles. The Hall–Kier alpha value is -2.54. The van der Waals surface area contributed by atoms with Crippen LogP contribution in [-0.2, 0) is 4.79 Å². The average molecular weight is 393 g/mol. The van der Waals surface area contributed by atoms with Gasteiger partial charge in [0.05, 0.1) is 6.10 Å². The molecule has 0 fully saturated rings. The normalized spacial score (nSPS) is 11.4. The van der Waals surface area contributed by atoms with Crippen LogP contribution in [0.15, 0.2) is 51.2 Å². The van der Waals surface area contributed by atoms with Crippen molar-refractivity contribution in [1.29, 1.82) is 0 Å². The van der Waals surface area contributed by atoms with Gasteiger partial charge in [-0.15, -0.1) is 0 Å². The maximum Gasteiger partial charge on any atom is 0.291 e. The molecule has 0 aliphatic carbocycles. The van der Waals surface area contributed by atoms with Gasteiger partial charge in [-0.2, -0.15) is 0 Å². The van der Waals surface area contributed by atoms with Crippen LogP contribution in [0.4, 0.5) is 0 Å². The number of halogens is 1. The van der Waals surface area contributed by atoms with Gasteiger partial charge in [0.15, 0.2) is 10.4 Å². The summed E-state index contributed by atoms with van der Waals surface area (Å²) in [4.78, 5) is 23.6. The summed E-state index contributed by atoms with van der Waals surface area (Å²) in [7, 11) is 0. The van der Waals surface area contributed by atoms with Crippen molar-refractivity contribution in [2.75, 3.05) is 0 Å². The predicted molar refractivity (Wildman–Crippen MR) is 93.3 cm³/mol. The summed E-state index contributed by atoms with van der Waals surface area (Å²) in [5.74, 6) is -0.538. The SMILES string of the molecule is CC(C)Oc1ccc(C=C(NC(=O)c2ccc(Br)o2)C(N)=O)cc1. The van der Waals surface area contributed by atoms with E-state index < -0.39 is 11.8 Å². The summed E-state index contributed by atoms with van der Waals surface area (Å²) in [6, 6.07) is 10.1. The van der Waals surface area contributed by atoms with Gasteiger partial charge in [0.1, 0.15) is 11.4 Å². The van der Waals surface area contributed by atoms with Crippen molar-refractivity contribution < 1.29 is 18.7 Å². The molecule has 0 aliphatic heterocycles. The van der Waals surface area contributed by atoms with Gasteiger partial charge >= 0.3 is 0 Å². The zero-order chi connectivity index (χ0) is 17.7. The largest absolute Gasteiger partial charge is 0.491 e. The van der Waals surface area contributed by atoms with Crippen LogP contribution in [0.25, 0.3) is 6.08 Å². The predicted octanol–water partition coefficient (Wildman–Crippen LogP) is 3.09. The highest BCUT2D eigenvalue weighted by Gasteiger charge is 2.15. The molecule has 0 aliphatic rings. The van der Waals surface area contributed by atoms with Crippen LogP contribution in [0, 0.1) is 0 Å². The van der Waals surface area contributed by atoms with Gasteiger partial charge in [0, 0.05) is 0 Å². The minimum absolute atomic E-state index is 0.0370. The molecule has 126 valence electrons. The first kappa shape index (κ1) is 17.8. The Balaban J connectivity index is 2.16. The number of carbonyl (C=O) groups is 2. The third-order valence-corrected chi connectivity index (χ3v) is 3.30. The molecule has 0 saturated carbocycles. The third-order valence-electron chi connectivity index (χ3n) is 2.87. The topological polar surface area (TPSA) is 94.6 Å². The quantitative estimate of drug-likeness (QED) is 0.738. The van der Waals surface area contributed by atoms with Crippen LogP contribution in [0.2, 0.25) is 0 Å². The molecule has 2 rings (SSSR count). The zero-order valence-electron chi connectivity index (χ0n) is 13.2. The standard InChI is InChI=1S/C17H17BrN2O4/c1-10(2)23-12-5-3-11(4-6-12)9-13(16(19)21)20-17(22)14-7-8-15(18)24-14/h3-10H,1-2H3,(H2,19,21)(H,20,22). The molecule has 7 heteroatoms. The number of hydrogen-bond acceptors (Lipinski definition) is 4. The van der Waals surface area contributed by atoms with Gasteiger partial charge in [-0.05, 0) is 65.7 Å². The van der Waals surface area contributed by atoms with Crippen molar-refractivity contribution in [3.63, 3.8) is 0 Å². The number of nitrogens with one attached hydrogen (secondary N) is 1. The average Bonchev–Trinajstić information content (AvgIpc) is 2.94. The molecular formula is C17H17BrN2O4. The number of primary amides is 1. The van der Waals surface area contributed by atoms with E-state index >= 15 is 0 Å². The first-order valence-corrected chi connectivity index (χ1v) is 7.99. The van der Waals surface area contributed by atoms with E-state index in [1.165, 1.54) is 12.1 Å². The maximum absolute atomic E-state index is 12.0. The molecule has 1 heterocycles. The smallest absolute Gasteiger partial charge is 0.291 e. The van der Waals surface area contributed by atoms with Gasteiger partial charge in [-0.25, -0.2) is 0 Å². The van der Waals surface area contributed by atoms with Crippen LogP contribution in [0.5, 0.6) is 5.75 Å². The van der Waals surface area contributed by atoms with Crippen molar-refractivity contribution in [3.05, 3.63) is 58.1 Å². The Morgan fingerprint density at radius 1 is 1.21 bits per heavy atom. The molecule has 1 aromatic carbocycles. The summed E-state index contributed by atoms with van der Waals surface area (Å²) in [6.07, 6.45) is 1.55. The molecule has 0 radical (unpaired) electrons. The summed E-state index contributed by atoms with van der Waals surface area (Å²) < 4.78 is 11.1. The Morgan fingerprint density at radius 2 is 1.88 bits per heavy atom. The van der Waals surface area contributed by atoms with E-state index in [-0.39, 0.29) is 17.6 Å². The van der Waals surface area contributed by atoms with Gasteiger partial charge < -0.3 is 20.2 Å². The lowest BCUT2D eigenvalue weighted by Crippen LogP contribution is -2.30. The number of benzene rings is 1. The molecule has 0 spiro atoms. The number of nitrogens with two attached hydrogens (primary N) is 1. The monoisotopic (exact) mass is 392 g/mol. The lowest BCUT2D eigenvalue weighted by Gasteiger charge is -2.10. The van der Waals surface area contributed by atoms with Crippen molar-refractivity contribution >= 4 is 33.8 Å². The molecule has 3 N–H and O–H groups in total. The summed E-state index contributed by atoms with van der Waals surface area (Å²) in [5, 5.41) is 2.44. The first-order valence-electron chi connectivity index (χ1n) is 7.20. The van der Waals surface area contributed by atoms with E-state index in [1.807, 2.05) is 13.8 Å². The molecule has 2 amide bonds. The number of carbonyl (C=O) groups excluding carboxylic acids is 2. The number of rotatable bonds is 6. The molecular weight excluding hydrogens is 376 g/mol. The van der Waals surface area contributed by atoms with Gasteiger partial charge in [0.25, 0.3) is 11.8 Å². The summed E-state index contributed by atoms with van der Waals surface area (Å²) in [5.41, 5.74) is 5.98. The second-order valence-corrected chi connectivity index (χ2v) is 6.00. The maximum atomic E-state index is 12.0. The number of ether oxygens (including phenoxy) is 1. The Kier molecular flexibility index (Phi) is 5.81.